The summed E-state index contributed by atoms with van der Waals surface area (Å²) < 4.78 is 47.3. The van der Waals surface area contributed by atoms with Gasteiger partial charge in [0.15, 0.2) is 0 Å². The fraction of sp³-hybridized carbons (Fsp3) is 0.176. The van der Waals surface area contributed by atoms with Crippen molar-refractivity contribution in [3.63, 3.8) is 0 Å². The van der Waals surface area contributed by atoms with Gasteiger partial charge in [0.25, 0.3) is 0 Å². The van der Waals surface area contributed by atoms with Crippen molar-refractivity contribution in [2.45, 2.75) is 12.6 Å². The molecule has 5 nitrogen and oxygen atoms in total. The third-order valence-corrected chi connectivity index (χ3v) is 3.09. The second kappa shape index (κ2) is 7.69. The summed E-state index contributed by atoms with van der Waals surface area (Å²) in [5.74, 6) is -0.552. The van der Waals surface area contributed by atoms with Crippen molar-refractivity contribution >= 4 is 17.6 Å². The van der Waals surface area contributed by atoms with Crippen molar-refractivity contribution in [3.8, 4) is 11.5 Å². The molecule has 0 saturated heterocycles. The van der Waals surface area contributed by atoms with Crippen LogP contribution in [0.15, 0.2) is 48.5 Å². The molecule has 0 saturated carbocycles. The average Bonchev–Trinajstić information content (AvgIpc) is 2.56. The number of benzene rings is 2. The number of carbonyl (C=O) groups excluding carboxylic acids is 2. The van der Waals surface area contributed by atoms with E-state index in [0.717, 1.165) is 12.1 Å². The Kier molecular flexibility index (Phi) is 5.63. The minimum Gasteiger partial charge on any atom is -0.469 e. The van der Waals surface area contributed by atoms with Crippen molar-refractivity contribution in [2.75, 3.05) is 12.4 Å². The average molecular weight is 353 g/mol. The molecule has 2 rings (SSSR count). The first-order chi connectivity index (χ1) is 11.8. The predicted molar refractivity (Wildman–Crippen MR) is 83.2 cm³/mol. The Bertz CT molecular complexity index is 740. The van der Waals surface area contributed by atoms with Crippen molar-refractivity contribution in [3.05, 3.63) is 54.1 Å². The molecule has 0 aliphatic rings. The number of rotatable bonds is 5. The number of amides is 1. The zero-order chi connectivity index (χ0) is 18.4. The van der Waals surface area contributed by atoms with E-state index in [-0.39, 0.29) is 5.75 Å². The fourth-order valence-corrected chi connectivity index (χ4v) is 1.86. The number of esters is 1. The summed E-state index contributed by atoms with van der Waals surface area (Å²) in [6.07, 6.45) is -4.80. The van der Waals surface area contributed by atoms with Gasteiger partial charge >= 0.3 is 12.1 Å². The molecule has 0 atom stereocenters. The molecular formula is C17H14F3NO4. The first-order valence-electron chi connectivity index (χ1n) is 7.10. The summed E-state index contributed by atoms with van der Waals surface area (Å²) in [4.78, 5) is 22.5. The maximum atomic E-state index is 12.5. The van der Waals surface area contributed by atoms with Crippen LogP contribution in [-0.2, 0) is 20.5 Å². The molecule has 8 heteroatoms. The smallest absolute Gasteiger partial charge is 0.416 e. The van der Waals surface area contributed by atoms with E-state index in [1.54, 1.807) is 0 Å². The van der Waals surface area contributed by atoms with Crippen LogP contribution in [-0.4, -0.2) is 19.0 Å². The molecule has 0 spiro atoms. The van der Waals surface area contributed by atoms with Crippen molar-refractivity contribution in [2.24, 2.45) is 0 Å². The zero-order valence-electron chi connectivity index (χ0n) is 13.1. The van der Waals surface area contributed by atoms with E-state index in [0.29, 0.717) is 11.4 Å². The number of anilines is 1. The standard InChI is InChI=1S/C17H14F3NO4/c1-24-16(23)10-15(22)21-12-4-8-14(9-5-12)25-13-6-2-11(3-7-13)17(18,19)20/h2-9H,10H2,1H3,(H,21,22). The van der Waals surface area contributed by atoms with Gasteiger partial charge in [-0.1, -0.05) is 0 Å². The van der Waals surface area contributed by atoms with Crippen LogP contribution >= 0.6 is 0 Å². The van der Waals surface area contributed by atoms with E-state index in [2.05, 4.69) is 10.1 Å². The van der Waals surface area contributed by atoms with E-state index < -0.39 is 30.0 Å². The summed E-state index contributed by atoms with van der Waals surface area (Å²) in [6.45, 7) is 0. The van der Waals surface area contributed by atoms with Gasteiger partial charge < -0.3 is 14.8 Å². The molecule has 0 heterocycles. The largest absolute Gasteiger partial charge is 0.469 e. The summed E-state index contributed by atoms with van der Waals surface area (Å²) >= 11 is 0. The van der Waals surface area contributed by atoms with Gasteiger partial charge in [0.2, 0.25) is 5.91 Å². The van der Waals surface area contributed by atoms with Crippen LogP contribution in [0.2, 0.25) is 0 Å². The van der Waals surface area contributed by atoms with Crippen LogP contribution in [0.3, 0.4) is 0 Å². The second-order valence-corrected chi connectivity index (χ2v) is 4.95. The molecule has 2 aromatic carbocycles. The Morgan fingerprint density at radius 2 is 1.48 bits per heavy atom. The highest BCUT2D eigenvalue weighted by Crippen LogP contribution is 2.31. The second-order valence-electron chi connectivity index (χ2n) is 4.95. The Morgan fingerprint density at radius 3 is 1.96 bits per heavy atom. The summed E-state index contributed by atoms with van der Waals surface area (Å²) in [7, 11) is 1.18. The molecular weight excluding hydrogens is 339 g/mol. The van der Waals surface area contributed by atoms with Gasteiger partial charge in [-0.3, -0.25) is 9.59 Å². The fourth-order valence-electron chi connectivity index (χ4n) is 1.86. The first-order valence-corrected chi connectivity index (χ1v) is 7.10. The number of alkyl halides is 3. The van der Waals surface area contributed by atoms with Gasteiger partial charge in [-0.25, -0.2) is 0 Å². The van der Waals surface area contributed by atoms with Gasteiger partial charge in [0.05, 0.1) is 12.7 Å². The van der Waals surface area contributed by atoms with Crippen molar-refractivity contribution < 1.29 is 32.2 Å². The van der Waals surface area contributed by atoms with E-state index in [1.165, 1.54) is 43.5 Å². The zero-order valence-corrected chi connectivity index (χ0v) is 13.1. The Labute approximate surface area is 141 Å². The maximum Gasteiger partial charge on any atom is 0.416 e. The number of carbonyl (C=O) groups is 2. The van der Waals surface area contributed by atoms with E-state index in [1.807, 2.05) is 0 Å². The molecule has 25 heavy (non-hydrogen) atoms. The molecule has 1 amide bonds. The minimum absolute atomic E-state index is 0.246. The SMILES string of the molecule is COC(=O)CC(=O)Nc1ccc(Oc2ccc(C(F)(F)F)cc2)cc1. The van der Waals surface area contributed by atoms with E-state index in [9.17, 15) is 22.8 Å². The highest BCUT2D eigenvalue weighted by atomic mass is 19.4. The monoisotopic (exact) mass is 353 g/mol. The number of halogens is 3. The van der Waals surface area contributed by atoms with Gasteiger partial charge in [-0.15, -0.1) is 0 Å². The molecule has 0 radical (unpaired) electrons. The van der Waals surface area contributed by atoms with Crippen LogP contribution < -0.4 is 10.1 Å². The molecule has 132 valence electrons. The molecule has 0 aliphatic carbocycles. The normalized spacial score (nSPS) is 10.9. The summed E-state index contributed by atoms with van der Waals surface area (Å²) in [5, 5.41) is 2.50. The first kappa shape index (κ1) is 18.3. The molecule has 0 aliphatic heterocycles. The molecule has 0 bridgehead atoms. The number of hydrogen-bond donors (Lipinski definition) is 1. The van der Waals surface area contributed by atoms with Crippen LogP contribution in [0.5, 0.6) is 11.5 Å². The number of methoxy groups -OCH3 is 1. The number of ether oxygens (including phenoxy) is 2. The van der Waals surface area contributed by atoms with Gasteiger partial charge in [0.1, 0.15) is 17.9 Å². The van der Waals surface area contributed by atoms with Crippen LogP contribution in [0.4, 0.5) is 18.9 Å². The Hall–Kier alpha value is -3.03. The van der Waals surface area contributed by atoms with Gasteiger partial charge in [-0.2, -0.15) is 13.2 Å². The highest BCUT2D eigenvalue weighted by molar-refractivity contribution is 6.01. The predicted octanol–water partition coefficient (Wildman–Crippen LogP) is 4.00. The molecule has 2 aromatic rings. The molecule has 0 fully saturated rings. The minimum atomic E-state index is -4.40. The Balaban J connectivity index is 1.96. The van der Waals surface area contributed by atoms with Crippen molar-refractivity contribution in [1.82, 2.24) is 0 Å². The number of hydrogen-bond acceptors (Lipinski definition) is 4. The lowest BCUT2D eigenvalue weighted by Crippen LogP contribution is -2.17. The lowest BCUT2D eigenvalue weighted by molar-refractivity contribution is -0.143. The van der Waals surface area contributed by atoms with Gasteiger partial charge in [-0.05, 0) is 48.5 Å². The summed E-state index contributed by atoms with van der Waals surface area (Å²) in [5.41, 5.74) is -0.322. The van der Waals surface area contributed by atoms with Gasteiger partial charge in [0, 0.05) is 5.69 Å². The maximum absolute atomic E-state index is 12.5. The van der Waals surface area contributed by atoms with Crippen molar-refractivity contribution in [1.29, 1.82) is 0 Å². The quantitative estimate of drug-likeness (QED) is 0.652. The third-order valence-electron chi connectivity index (χ3n) is 3.09. The molecule has 0 aromatic heterocycles. The van der Waals surface area contributed by atoms with Crippen LogP contribution in [0.1, 0.15) is 12.0 Å². The summed E-state index contributed by atoms with van der Waals surface area (Å²) in [6, 6.07) is 10.4. The lowest BCUT2D eigenvalue weighted by Gasteiger charge is -2.10. The van der Waals surface area contributed by atoms with E-state index in [4.69, 9.17) is 4.74 Å². The topological polar surface area (TPSA) is 64.6 Å². The number of nitrogens with one attached hydrogen (secondary N) is 1. The van der Waals surface area contributed by atoms with Crippen LogP contribution in [0.25, 0.3) is 0 Å². The third kappa shape index (κ3) is 5.52. The lowest BCUT2D eigenvalue weighted by atomic mass is 10.2. The molecule has 0 unspecified atom stereocenters. The Morgan fingerprint density at radius 1 is 0.960 bits per heavy atom. The van der Waals surface area contributed by atoms with Crippen LogP contribution in [0, 0.1) is 0 Å². The highest BCUT2D eigenvalue weighted by Gasteiger charge is 2.30. The van der Waals surface area contributed by atoms with E-state index >= 15 is 0 Å². The molecule has 1 N–H and O–H groups in total.